The second-order valence-corrected chi connectivity index (χ2v) is 6.95. The number of nitrogens with zero attached hydrogens (tertiary/aromatic N) is 5. The van der Waals surface area contributed by atoms with E-state index < -0.39 is 29.3 Å². The van der Waals surface area contributed by atoms with Gasteiger partial charge in [0.2, 0.25) is 5.91 Å². The van der Waals surface area contributed by atoms with Crippen LogP contribution in [0.1, 0.15) is 28.5 Å². The van der Waals surface area contributed by atoms with Gasteiger partial charge in [-0.05, 0) is 31.2 Å². The molecule has 1 aliphatic heterocycles. The Morgan fingerprint density at radius 2 is 2.03 bits per heavy atom. The van der Waals surface area contributed by atoms with E-state index in [0.29, 0.717) is 12.2 Å². The van der Waals surface area contributed by atoms with Crippen molar-refractivity contribution in [3.05, 3.63) is 47.3 Å². The number of likely N-dealkylation sites (N-methyl/N-ethyl adjacent to an activating group) is 1. The first-order valence-corrected chi connectivity index (χ1v) is 9.62. The summed E-state index contributed by atoms with van der Waals surface area (Å²) in [5.41, 5.74) is -1.02. The van der Waals surface area contributed by atoms with Gasteiger partial charge in [0, 0.05) is 38.6 Å². The molecule has 3 rings (SSSR count). The number of carbonyl (C=O) groups is 2. The molecule has 31 heavy (non-hydrogen) atoms. The summed E-state index contributed by atoms with van der Waals surface area (Å²) in [7, 11) is 1.42. The molecule has 8 nitrogen and oxygen atoms in total. The first-order chi connectivity index (χ1) is 14.7. The van der Waals surface area contributed by atoms with Crippen molar-refractivity contribution in [1.82, 2.24) is 20.0 Å². The minimum absolute atomic E-state index is 0.00520. The van der Waals surface area contributed by atoms with Crippen LogP contribution in [0.2, 0.25) is 0 Å². The predicted octanol–water partition coefficient (Wildman–Crippen LogP) is 1.87. The van der Waals surface area contributed by atoms with Crippen LogP contribution in [0.4, 0.5) is 18.9 Å². The molecule has 0 bridgehead atoms. The van der Waals surface area contributed by atoms with E-state index >= 15 is 0 Å². The highest BCUT2D eigenvalue weighted by molar-refractivity contribution is 5.94. The molecule has 1 unspecified atom stereocenters. The van der Waals surface area contributed by atoms with Crippen molar-refractivity contribution in [3.63, 3.8) is 0 Å². The van der Waals surface area contributed by atoms with Crippen molar-refractivity contribution >= 4 is 17.5 Å². The number of benzene rings is 1. The summed E-state index contributed by atoms with van der Waals surface area (Å²) in [5, 5.41) is 15.6. The SMILES string of the molecule is CCn1nccc1C(=O)N1CCN(c2ccc(C#N)c(C(F)(F)F)c2)C(C(=O)NC)C1. The lowest BCUT2D eigenvalue weighted by Gasteiger charge is -2.41. The molecule has 1 aromatic heterocycles. The van der Waals surface area contributed by atoms with Crippen molar-refractivity contribution in [3.8, 4) is 6.07 Å². The summed E-state index contributed by atoms with van der Waals surface area (Å²) in [6, 6.07) is 5.59. The van der Waals surface area contributed by atoms with E-state index in [1.165, 1.54) is 29.1 Å². The largest absolute Gasteiger partial charge is 0.417 e. The highest BCUT2D eigenvalue weighted by Crippen LogP contribution is 2.35. The molecule has 1 aromatic carbocycles. The highest BCUT2D eigenvalue weighted by Gasteiger charge is 2.38. The number of nitriles is 1. The van der Waals surface area contributed by atoms with Crippen molar-refractivity contribution in [2.24, 2.45) is 0 Å². The average Bonchev–Trinajstić information content (AvgIpc) is 3.25. The van der Waals surface area contributed by atoms with Crippen LogP contribution in [-0.2, 0) is 17.5 Å². The number of nitrogens with one attached hydrogen (secondary N) is 1. The van der Waals surface area contributed by atoms with Gasteiger partial charge in [-0.1, -0.05) is 0 Å². The van der Waals surface area contributed by atoms with E-state index in [0.717, 1.165) is 12.1 Å². The second-order valence-electron chi connectivity index (χ2n) is 6.95. The monoisotopic (exact) mass is 434 g/mol. The molecule has 1 saturated heterocycles. The zero-order valence-corrected chi connectivity index (χ0v) is 17.0. The zero-order valence-electron chi connectivity index (χ0n) is 17.0. The standard InChI is InChI=1S/C20H21F3N6O2/c1-3-29-16(6-7-26-29)19(31)27-8-9-28(17(12-27)18(30)25-2)14-5-4-13(11-24)15(10-14)20(21,22)23/h4-7,10,17H,3,8-9,12H2,1-2H3,(H,25,30). The van der Waals surface area contributed by atoms with Crippen LogP contribution < -0.4 is 10.2 Å². The fourth-order valence-electron chi connectivity index (χ4n) is 3.64. The van der Waals surface area contributed by atoms with Gasteiger partial charge in [0.1, 0.15) is 11.7 Å². The van der Waals surface area contributed by atoms with Crippen LogP contribution in [0.3, 0.4) is 0 Å². The fourth-order valence-corrected chi connectivity index (χ4v) is 3.64. The zero-order chi connectivity index (χ0) is 22.8. The van der Waals surface area contributed by atoms with Gasteiger partial charge in [-0.25, -0.2) is 0 Å². The molecule has 0 saturated carbocycles. The molecular weight excluding hydrogens is 413 g/mol. The Morgan fingerprint density at radius 1 is 1.29 bits per heavy atom. The molecule has 1 aliphatic rings. The molecule has 2 aromatic rings. The van der Waals surface area contributed by atoms with E-state index in [2.05, 4.69) is 10.4 Å². The third kappa shape index (κ3) is 4.33. The van der Waals surface area contributed by atoms with Crippen molar-refractivity contribution in [1.29, 1.82) is 5.26 Å². The number of aromatic nitrogens is 2. The lowest BCUT2D eigenvalue weighted by Crippen LogP contribution is -2.60. The summed E-state index contributed by atoms with van der Waals surface area (Å²) in [6.07, 6.45) is -3.20. The fraction of sp³-hybridized carbons (Fsp3) is 0.400. The lowest BCUT2D eigenvalue weighted by molar-refractivity contribution is -0.137. The van der Waals surface area contributed by atoms with Gasteiger partial charge in [-0.2, -0.15) is 23.5 Å². The number of amides is 2. The van der Waals surface area contributed by atoms with E-state index in [4.69, 9.17) is 5.26 Å². The van der Waals surface area contributed by atoms with Crippen LogP contribution >= 0.6 is 0 Å². The normalized spacial score (nSPS) is 16.7. The Bertz CT molecular complexity index is 1030. The summed E-state index contributed by atoms with van der Waals surface area (Å²) < 4.78 is 41.7. The molecule has 164 valence electrons. The van der Waals surface area contributed by atoms with Gasteiger partial charge in [0.05, 0.1) is 23.7 Å². The maximum Gasteiger partial charge on any atom is 0.417 e. The van der Waals surface area contributed by atoms with Crippen LogP contribution in [0.25, 0.3) is 0 Å². The number of hydrogen-bond donors (Lipinski definition) is 1. The Hall–Kier alpha value is -3.55. The number of hydrogen-bond acceptors (Lipinski definition) is 5. The maximum atomic E-state index is 13.4. The molecule has 2 amide bonds. The van der Waals surface area contributed by atoms with Gasteiger partial charge >= 0.3 is 6.18 Å². The minimum atomic E-state index is -4.71. The summed E-state index contributed by atoms with van der Waals surface area (Å²) in [5.74, 6) is -0.733. The first-order valence-electron chi connectivity index (χ1n) is 9.62. The summed E-state index contributed by atoms with van der Waals surface area (Å²) in [4.78, 5) is 28.5. The molecular formula is C20H21F3N6O2. The quantitative estimate of drug-likeness (QED) is 0.793. The second kappa shape index (κ2) is 8.67. The smallest absolute Gasteiger partial charge is 0.357 e. The third-order valence-electron chi connectivity index (χ3n) is 5.21. The van der Waals surface area contributed by atoms with E-state index in [9.17, 15) is 22.8 Å². The molecule has 0 spiro atoms. The maximum absolute atomic E-state index is 13.4. The number of anilines is 1. The van der Waals surface area contributed by atoms with Crippen molar-refractivity contribution < 1.29 is 22.8 Å². The third-order valence-corrected chi connectivity index (χ3v) is 5.21. The van der Waals surface area contributed by atoms with Gasteiger partial charge in [0.25, 0.3) is 5.91 Å². The number of piperazine rings is 1. The Kier molecular flexibility index (Phi) is 6.19. The molecule has 1 N–H and O–H groups in total. The Labute approximate surface area is 176 Å². The van der Waals surface area contributed by atoms with Crippen LogP contribution in [0.5, 0.6) is 0 Å². The minimum Gasteiger partial charge on any atom is -0.357 e. The number of halogens is 3. The summed E-state index contributed by atoms with van der Waals surface area (Å²) in [6.45, 7) is 2.70. The van der Waals surface area contributed by atoms with E-state index in [-0.39, 0.29) is 31.2 Å². The highest BCUT2D eigenvalue weighted by atomic mass is 19.4. The van der Waals surface area contributed by atoms with Crippen molar-refractivity contribution in [2.75, 3.05) is 31.6 Å². The average molecular weight is 434 g/mol. The van der Waals surface area contributed by atoms with Crippen LogP contribution in [0.15, 0.2) is 30.5 Å². The summed E-state index contributed by atoms with van der Waals surface area (Å²) >= 11 is 0. The Balaban J connectivity index is 1.92. The first kappa shape index (κ1) is 22.1. The topological polar surface area (TPSA) is 94.3 Å². The lowest BCUT2D eigenvalue weighted by atomic mass is 10.0. The predicted molar refractivity (Wildman–Crippen MR) is 105 cm³/mol. The number of aryl methyl sites for hydroxylation is 1. The molecule has 0 radical (unpaired) electrons. The van der Waals surface area contributed by atoms with Gasteiger partial charge in [-0.3, -0.25) is 14.3 Å². The number of carbonyl (C=O) groups excluding carboxylic acids is 2. The van der Waals surface area contributed by atoms with Gasteiger partial charge in [0.15, 0.2) is 0 Å². The molecule has 11 heteroatoms. The van der Waals surface area contributed by atoms with Gasteiger partial charge in [-0.15, -0.1) is 0 Å². The molecule has 0 aliphatic carbocycles. The molecule has 1 fully saturated rings. The van der Waals surface area contributed by atoms with Gasteiger partial charge < -0.3 is 15.1 Å². The van der Waals surface area contributed by atoms with Crippen LogP contribution in [-0.4, -0.2) is 59.2 Å². The molecule has 2 heterocycles. The molecule has 1 atom stereocenters. The Morgan fingerprint density at radius 3 is 2.65 bits per heavy atom. The van der Waals surface area contributed by atoms with Crippen LogP contribution in [0, 0.1) is 11.3 Å². The number of rotatable bonds is 4. The van der Waals surface area contributed by atoms with Crippen molar-refractivity contribution in [2.45, 2.75) is 25.7 Å². The number of alkyl halides is 3. The van der Waals surface area contributed by atoms with E-state index in [1.807, 2.05) is 6.92 Å². The van der Waals surface area contributed by atoms with E-state index in [1.54, 1.807) is 16.8 Å².